The fourth-order valence-corrected chi connectivity index (χ4v) is 158. The molecular weight excluding hydrogens is 1590 g/mol. The Balaban J connectivity index is 2.00. The second-order valence-electron chi connectivity index (χ2n) is 29.2. The van der Waals surface area contributed by atoms with Gasteiger partial charge in [0, 0.05) is 157 Å². The number of nitrogens with two attached hydrogens (primary N) is 12. The molecule has 6 heterocycles. The number of rotatable bonds is 72. The first kappa shape index (κ1) is 98.0. The molecule has 0 aromatic heterocycles. The molecule has 0 spiro atoms. The van der Waals surface area contributed by atoms with Gasteiger partial charge in [-0.15, -0.1) is 0 Å². The Hall–Kier alpha value is 1.16. The van der Waals surface area contributed by atoms with Gasteiger partial charge in [0.25, 0.3) is 0 Å². The lowest BCUT2D eigenvalue weighted by Crippen LogP contribution is -3.02. The summed E-state index contributed by atoms with van der Waals surface area (Å²) in [7, 11) is -47.8. The van der Waals surface area contributed by atoms with Crippen LogP contribution in [0.25, 0.3) is 0 Å². The first-order chi connectivity index (χ1) is 52.8. The molecule has 8 unspecified atom stereocenters. The van der Waals surface area contributed by atoms with Crippen molar-refractivity contribution in [2.45, 2.75) is 150 Å². The van der Waals surface area contributed by atoms with Gasteiger partial charge in [-0.1, -0.05) is 0 Å². The predicted octanol–water partition coefficient (Wildman–Crippen LogP) is -6.68. The van der Waals surface area contributed by atoms with Crippen molar-refractivity contribution in [1.82, 2.24) is 63.8 Å². The summed E-state index contributed by atoms with van der Waals surface area (Å²) in [5.41, 5.74) is 75.8. The van der Waals surface area contributed by atoms with E-state index in [9.17, 15) is 32.9 Å². The van der Waals surface area contributed by atoms with E-state index in [1.165, 1.54) is 0 Å². The predicted molar refractivity (Wildman–Crippen MR) is 458 cm³/mol. The van der Waals surface area contributed by atoms with Crippen molar-refractivity contribution in [1.29, 1.82) is 0 Å². The summed E-state index contributed by atoms with van der Waals surface area (Å²) < 4.78 is 110. The molecule has 0 aromatic rings. The third-order valence-electron chi connectivity index (χ3n) is 20.6. The first-order valence-electron chi connectivity index (χ1n) is 41.8. The van der Waals surface area contributed by atoms with E-state index in [-0.39, 0.29) is 0 Å². The molecule has 6 aliphatic heterocycles. The van der Waals surface area contributed by atoms with Crippen LogP contribution >= 0.6 is 0 Å². The van der Waals surface area contributed by atoms with Crippen LogP contribution in [0, 0.1) is 0 Å². The lowest BCUT2D eigenvalue weighted by molar-refractivity contribution is 0.139. The quantitative estimate of drug-likeness (QED) is 0.0199. The molecular formula is C60H156N24O12Si12. The van der Waals surface area contributed by atoms with E-state index in [1.54, 1.807) is 0 Å². The van der Waals surface area contributed by atoms with Crippen molar-refractivity contribution < 1.29 is 49.4 Å². The van der Waals surface area contributed by atoms with Crippen molar-refractivity contribution in [2.75, 3.05) is 236 Å². The van der Waals surface area contributed by atoms with Crippen LogP contribution in [-0.2, 0) is 49.4 Å². The topological polar surface area (TPSA) is 567 Å². The van der Waals surface area contributed by atoms with E-state index in [0.717, 1.165) is 12.8 Å². The van der Waals surface area contributed by atoms with Crippen molar-refractivity contribution in [3.63, 3.8) is 0 Å². The van der Waals surface area contributed by atoms with E-state index in [0.29, 0.717) is 372 Å². The minimum absolute atomic E-state index is 0.471. The number of hydrogen-bond donors (Lipinski definition) is 24. The largest absolute Gasteiger partial charge is 0.414 e. The van der Waals surface area contributed by atoms with E-state index in [1.807, 2.05) is 0 Å². The van der Waals surface area contributed by atoms with Crippen LogP contribution in [-0.4, -0.2) is 335 Å². The Bertz CT molecular complexity index is 2140. The SMILES string of the molecule is NCCNCCC[Si]1O[Si]2(CCCNCCN)O[Si](CCCNCCN)O[Si]3(CCCNCCN)O[Si]4(CCCNCCN)O[Si]5(CCCNCCN)O[Si](CCCNCCN)(O1)[Si]1(CCCNCCN)O[Si]2(CCCNCCN)O[Si]3(CCCNCCN)O[Si]4(CCCNCCN)O[Si]5(CCCNCCN)O1. The smallest absolute Gasteiger partial charge is 0.365 e. The van der Waals surface area contributed by atoms with E-state index < -0.39 is 99.4 Å². The van der Waals surface area contributed by atoms with Gasteiger partial charge >= 0.3 is 99.4 Å². The summed E-state index contributed by atoms with van der Waals surface area (Å²) >= 11 is 0. The summed E-state index contributed by atoms with van der Waals surface area (Å²) in [5.74, 6) is 0. The second kappa shape index (κ2) is 54.4. The van der Waals surface area contributed by atoms with Gasteiger partial charge in [0.2, 0.25) is 0 Å². The summed E-state index contributed by atoms with van der Waals surface area (Å²) in [6.07, 6.45) is 8.13. The van der Waals surface area contributed by atoms with E-state index in [4.69, 9.17) is 85.3 Å². The fraction of sp³-hybridized carbons (Fsp3) is 1.00. The highest BCUT2D eigenvalue weighted by atomic mass is 29.4. The monoisotopic (exact) mass is 1740 g/mol. The average Bonchev–Trinajstić information content (AvgIpc) is 0.646. The van der Waals surface area contributed by atoms with Crippen molar-refractivity contribution >= 4 is 99.4 Å². The summed E-state index contributed by atoms with van der Waals surface area (Å²) in [6, 6.07) is 6.35. The molecule has 0 amide bonds. The molecule has 2 radical (unpaired) electrons. The standard InChI is InChI=1S/C60H156N24O12Si12/c61-13-37-73-25-1-49-97-85-99(51-3-27-75-39-15-63)86-98(50-2-26-74-38-14-62)88-101(53-5-29-77-41-17-65)90-106(58-10-34-82-46-22-70)95-105(57-9-33-81-45-21-69)89-100(87-97,52-4-28-76-40-16-64)103(55-7-31-79-43-19-67)91-102(99,54-6-30-78-42-18-66)92-104(101,56-8-32-80-44-20-68)94-108(106,60-12-36-84-48-24-72)96-107(105,93-103)59-11-35-83-47-23-71/h73-84H,1-72H2. The molecule has 36 nitrogen and oxygen atoms in total. The van der Waals surface area contributed by atoms with Crippen LogP contribution in [0.2, 0.25) is 72.5 Å². The van der Waals surface area contributed by atoms with Crippen LogP contribution in [0.4, 0.5) is 0 Å². The van der Waals surface area contributed by atoms with Gasteiger partial charge in [-0.25, -0.2) is 0 Å². The third-order valence-corrected chi connectivity index (χ3v) is 111. The van der Waals surface area contributed by atoms with Crippen molar-refractivity contribution in [3.8, 4) is 0 Å². The molecule has 108 heavy (non-hydrogen) atoms. The second-order valence-corrected chi connectivity index (χ2v) is 84.4. The van der Waals surface area contributed by atoms with Gasteiger partial charge in [-0.05, 0) is 228 Å². The zero-order chi connectivity index (χ0) is 77.6. The first-order valence-corrected chi connectivity index (χ1v) is 70.1. The molecule has 0 aliphatic carbocycles. The minimum Gasteiger partial charge on any atom is -0.414 e. The van der Waals surface area contributed by atoms with Crippen LogP contribution in [0.15, 0.2) is 0 Å². The van der Waals surface area contributed by atoms with Crippen LogP contribution < -0.4 is 133 Å². The Labute approximate surface area is 662 Å². The van der Waals surface area contributed by atoms with Crippen molar-refractivity contribution in [2.24, 2.45) is 68.8 Å². The Morgan fingerprint density at radius 3 is 0.472 bits per heavy atom. The Morgan fingerprint density at radius 1 is 0.157 bits per heavy atom. The molecule has 36 N–H and O–H groups in total. The summed E-state index contributed by atoms with van der Waals surface area (Å²) in [6.45, 7) is 21.3. The highest BCUT2D eigenvalue weighted by Crippen LogP contribution is 2.63. The van der Waals surface area contributed by atoms with Crippen LogP contribution in [0.1, 0.15) is 77.0 Å². The average molecular weight is 1740 g/mol. The highest BCUT2D eigenvalue weighted by Gasteiger charge is 2.94. The molecule has 5 bridgehead atoms. The molecule has 6 saturated heterocycles. The Kier molecular flexibility index (Phi) is 49.3. The molecule has 636 valence electrons. The zero-order valence-electron chi connectivity index (χ0n) is 66.3. The number of hydrogen-bond acceptors (Lipinski definition) is 36. The maximum Gasteiger partial charge on any atom is 0.365 e. The fourth-order valence-electron chi connectivity index (χ4n) is 15.7. The van der Waals surface area contributed by atoms with Crippen LogP contribution in [0.3, 0.4) is 0 Å². The van der Waals surface area contributed by atoms with Gasteiger partial charge in [0.05, 0.1) is 0 Å². The molecule has 0 saturated carbocycles. The lowest BCUT2D eigenvalue weighted by Gasteiger charge is -2.73. The van der Waals surface area contributed by atoms with E-state index in [2.05, 4.69) is 63.8 Å². The van der Waals surface area contributed by atoms with E-state index >= 15 is 0 Å². The molecule has 8 atom stereocenters. The molecule has 6 fully saturated rings. The summed E-state index contributed by atoms with van der Waals surface area (Å²) in [4.78, 5) is 0. The lowest BCUT2D eigenvalue weighted by atomic mass is 10.5. The van der Waals surface area contributed by atoms with Gasteiger partial charge in [0.15, 0.2) is 0 Å². The maximum absolute atomic E-state index is 9.55. The maximum atomic E-state index is 9.55. The normalized spacial score (nSPS) is 29.8. The molecule has 6 rings (SSSR count). The third kappa shape index (κ3) is 27.9. The number of nitrogens with one attached hydrogen (secondary N) is 12. The Morgan fingerprint density at radius 2 is 0.287 bits per heavy atom. The summed E-state index contributed by atoms with van der Waals surface area (Å²) in [5, 5.41) is 44.6. The van der Waals surface area contributed by atoms with Gasteiger partial charge < -0.3 is 182 Å². The minimum atomic E-state index is -4.46. The van der Waals surface area contributed by atoms with Gasteiger partial charge in [-0.2, -0.15) is 0 Å². The highest BCUT2D eigenvalue weighted by molar-refractivity contribution is 7.57. The van der Waals surface area contributed by atoms with Crippen molar-refractivity contribution in [3.05, 3.63) is 0 Å². The van der Waals surface area contributed by atoms with Crippen LogP contribution in [0.5, 0.6) is 0 Å². The molecule has 0 aromatic carbocycles. The van der Waals surface area contributed by atoms with Gasteiger partial charge in [-0.3, -0.25) is 0 Å². The zero-order valence-corrected chi connectivity index (χ0v) is 78.3. The molecule has 48 heteroatoms. The molecule has 6 aliphatic rings. The van der Waals surface area contributed by atoms with Gasteiger partial charge in [0.1, 0.15) is 0 Å².